The van der Waals surface area contributed by atoms with E-state index < -0.39 is 5.60 Å². The Morgan fingerprint density at radius 2 is 1.72 bits per heavy atom. The summed E-state index contributed by atoms with van der Waals surface area (Å²) < 4.78 is 0. The predicted octanol–water partition coefficient (Wildman–Crippen LogP) is 3.98. The zero-order valence-corrected chi connectivity index (χ0v) is 15.3. The number of hydrogen-bond acceptors (Lipinski definition) is 3. The summed E-state index contributed by atoms with van der Waals surface area (Å²) >= 11 is 11.7. The van der Waals surface area contributed by atoms with Gasteiger partial charge in [-0.1, -0.05) is 47.5 Å². The largest absolute Gasteiger partial charge is 0.384 e. The van der Waals surface area contributed by atoms with Crippen LogP contribution in [0.4, 0.5) is 0 Å². The maximum Gasteiger partial charge on any atom is 0.220 e. The zero-order chi connectivity index (χ0) is 18.4. The third kappa shape index (κ3) is 5.85. The van der Waals surface area contributed by atoms with Gasteiger partial charge >= 0.3 is 0 Å². The molecular weight excluding hydrogens is 361 g/mol. The van der Waals surface area contributed by atoms with Crippen molar-refractivity contribution in [3.05, 3.63) is 69.7 Å². The number of hydrogen-bond donors (Lipinski definition) is 2. The van der Waals surface area contributed by atoms with Gasteiger partial charge in [-0.25, -0.2) is 0 Å². The van der Waals surface area contributed by atoms with Crippen molar-refractivity contribution in [2.45, 2.75) is 25.4 Å². The van der Waals surface area contributed by atoms with Gasteiger partial charge in [-0.05, 0) is 36.8 Å². The van der Waals surface area contributed by atoms with Gasteiger partial charge in [0.05, 0.1) is 6.54 Å². The maximum atomic E-state index is 12.1. The molecule has 25 heavy (non-hydrogen) atoms. The summed E-state index contributed by atoms with van der Waals surface area (Å²) in [6, 6.07) is 13.4. The van der Waals surface area contributed by atoms with Crippen LogP contribution in [0, 0.1) is 0 Å². The van der Waals surface area contributed by atoms with Crippen LogP contribution in [-0.4, -0.2) is 23.3 Å². The predicted molar refractivity (Wildman–Crippen MR) is 99.0 cm³/mol. The Bertz CT molecular complexity index is 758. The summed E-state index contributed by atoms with van der Waals surface area (Å²) in [4.78, 5) is 24.0. The minimum Gasteiger partial charge on any atom is -0.384 e. The van der Waals surface area contributed by atoms with E-state index in [1.807, 2.05) is 0 Å². The molecular formula is C19H19Cl2NO3. The van der Waals surface area contributed by atoms with Gasteiger partial charge in [0.1, 0.15) is 5.60 Å². The second-order valence-corrected chi connectivity index (χ2v) is 6.86. The molecule has 2 N–H and O–H groups in total. The highest BCUT2D eigenvalue weighted by molar-refractivity contribution is 6.31. The van der Waals surface area contributed by atoms with E-state index in [0.29, 0.717) is 21.2 Å². The van der Waals surface area contributed by atoms with E-state index >= 15 is 0 Å². The number of rotatable bonds is 7. The molecule has 0 radical (unpaired) electrons. The first kappa shape index (κ1) is 19.4. The summed E-state index contributed by atoms with van der Waals surface area (Å²) in [5.41, 5.74) is -0.0994. The van der Waals surface area contributed by atoms with Crippen LogP contribution in [0.3, 0.4) is 0 Å². The Morgan fingerprint density at radius 3 is 2.36 bits per heavy atom. The van der Waals surface area contributed by atoms with Crippen LogP contribution in [0.5, 0.6) is 0 Å². The molecule has 0 saturated heterocycles. The quantitative estimate of drug-likeness (QED) is 0.714. The minimum atomic E-state index is -1.22. The molecule has 6 heteroatoms. The fourth-order valence-corrected chi connectivity index (χ4v) is 2.62. The van der Waals surface area contributed by atoms with Gasteiger partial charge in [-0.15, -0.1) is 0 Å². The molecule has 0 aliphatic rings. The Balaban J connectivity index is 1.84. The lowest BCUT2D eigenvalue weighted by atomic mass is 9.96. The number of nitrogens with one attached hydrogen (secondary N) is 1. The number of carbonyl (C=O) groups is 2. The van der Waals surface area contributed by atoms with E-state index in [2.05, 4.69) is 5.32 Å². The first-order chi connectivity index (χ1) is 11.8. The second-order valence-electron chi connectivity index (χ2n) is 5.99. The number of halogens is 2. The van der Waals surface area contributed by atoms with Crippen molar-refractivity contribution in [1.82, 2.24) is 5.32 Å². The second kappa shape index (κ2) is 8.48. The fraction of sp³-hybridized carbons (Fsp3) is 0.263. The number of ketones is 1. The molecule has 0 heterocycles. The third-order valence-corrected chi connectivity index (χ3v) is 4.31. The number of carbonyl (C=O) groups excluding carboxylic acids is 2. The number of Topliss-reactive ketones (excluding diaryl/α,β-unsaturated/α-hetero) is 1. The van der Waals surface area contributed by atoms with Crippen molar-refractivity contribution in [3.8, 4) is 0 Å². The van der Waals surface area contributed by atoms with E-state index in [4.69, 9.17) is 23.2 Å². The Labute approximate surface area is 156 Å². The van der Waals surface area contributed by atoms with E-state index in [1.165, 1.54) is 0 Å². The van der Waals surface area contributed by atoms with E-state index in [9.17, 15) is 14.7 Å². The molecule has 0 fully saturated rings. The molecule has 0 spiro atoms. The molecule has 1 atom stereocenters. The van der Waals surface area contributed by atoms with Crippen LogP contribution < -0.4 is 5.32 Å². The highest BCUT2D eigenvalue weighted by Gasteiger charge is 2.23. The Hall–Kier alpha value is -1.88. The number of aliphatic hydroxyl groups is 1. The molecule has 0 bridgehead atoms. The highest BCUT2D eigenvalue weighted by Crippen LogP contribution is 2.21. The van der Waals surface area contributed by atoms with Gasteiger partial charge < -0.3 is 10.4 Å². The average molecular weight is 380 g/mol. The van der Waals surface area contributed by atoms with Crippen molar-refractivity contribution in [2.24, 2.45) is 0 Å². The van der Waals surface area contributed by atoms with Crippen LogP contribution in [0.1, 0.15) is 35.7 Å². The molecule has 0 aliphatic carbocycles. The Morgan fingerprint density at radius 1 is 1.04 bits per heavy atom. The zero-order valence-electron chi connectivity index (χ0n) is 13.8. The van der Waals surface area contributed by atoms with Crippen molar-refractivity contribution in [2.75, 3.05) is 6.54 Å². The lowest BCUT2D eigenvalue weighted by Crippen LogP contribution is -2.38. The first-order valence-electron chi connectivity index (χ1n) is 7.82. The minimum absolute atomic E-state index is 0.0405. The van der Waals surface area contributed by atoms with Gasteiger partial charge in [0.2, 0.25) is 5.91 Å². The summed E-state index contributed by atoms with van der Waals surface area (Å²) in [6.45, 7) is 1.65. The topological polar surface area (TPSA) is 66.4 Å². The maximum absolute atomic E-state index is 12.1. The summed E-state index contributed by atoms with van der Waals surface area (Å²) in [5, 5.41) is 14.2. The van der Waals surface area contributed by atoms with Gasteiger partial charge in [-0.3, -0.25) is 9.59 Å². The Kier molecular flexibility index (Phi) is 6.59. The fourth-order valence-electron chi connectivity index (χ4n) is 2.30. The van der Waals surface area contributed by atoms with Crippen molar-refractivity contribution >= 4 is 34.9 Å². The molecule has 0 aromatic heterocycles. The van der Waals surface area contributed by atoms with E-state index in [-0.39, 0.29) is 31.1 Å². The van der Waals surface area contributed by atoms with Gasteiger partial charge in [0.25, 0.3) is 0 Å². The molecule has 1 unspecified atom stereocenters. The van der Waals surface area contributed by atoms with Crippen LogP contribution >= 0.6 is 23.2 Å². The lowest BCUT2D eigenvalue weighted by molar-refractivity contribution is -0.122. The van der Waals surface area contributed by atoms with E-state index in [0.717, 1.165) is 0 Å². The highest BCUT2D eigenvalue weighted by atomic mass is 35.5. The van der Waals surface area contributed by atoms with Crippen LogP contribution in [0.15, 0.2) is 48.5 Å². The number of benzene rings is 2. The van der Waals surface area contributed by atoms with Gasteiger partial charge in [-0.2, -0.15) is 0 Å². The molecule has 4 nitrogen and oxygen atoms in total. The monoisotopic (exact) mass is 379 g/mol. The molecule has 1 amide bonds. The van der Waals surface area contributed by atoms with Crippen LogP contribution in [-0.2, 0) is 10.4 Å². The lowest BCUT2D eigenvalue weighted by Gasteiger charge is -2.24. The molecule has 2 aromatic carbocycles. The van der Waals surface area contributed by atoms with Gasteiger partial charge in [0.15, 0.2) is 5.78 Å². The van der Waals surface area contributed by atoms with Crippen molar-refractivity contribution < 1.29 is 14.7 Å². The standard InChI is InChI=1S/C19H19Cl2NO3/c1-19(25,14-5-7-15(20)8-6-14)12-22-18(24)10-9-17(23)13-3-2-4-16(21)11-13/h2-8,11,25H,9-10,12H2,1H3,(H,22,24). The molecule has 0 saturated carbocycles. The molecule has 132 valence electrons. The van der Waals surface area contributed by atoms with Crippen molar-refractivity contribution in [1.29, 1.82) is 0 Å². The molecule has 2 aromatic rings. The molecule has 0 aliphatic heterocycles. The van der Waals surface area contributed by atoms with E-state index in [1.54, 1.807) is 55.5 Å². The van der Waals surface area contributed by atoms with Crippen molar-refractivity contribution in [3.63, 3.8) is 0 Å². The van der Waals surface area contributed by atoms with Crippen LogP contribution in [0.2, 0.25) is 10.0 Å². The first-order valence-corrected chi connectivity index (χ1v) is 8.57. The molecule has 2 rings (SSSR count). The summed E-state index contributed by atoms with van der Waals surface area (Å²) in [7, 11) is 0. The smallest absolute Gasteiger partial charge is 0.220 e. The summed E-state index contributed by atoms with van der Waals surface area (Å²) in [5.74, 6) is -0.452. The SMILES string of the molecule is CC(O)(CNC(=O)CCC(=O)c1cccc(Cl)c1)c1ccc(Cl)cc1. The van der Waals surface area contributed by atoms with Gasteiger partial charge in [0, 0.05) is 28.5 Å². The van der Waals surface area contributed by atoms with Crippen LogP contribution in [0.25, 0.3) is 0 Å². The normalized spacial score (nSPS) is 13.1. The number of amides is 1. The summed E-state index contributed by atoms with van der Waals surface area (Å²) in [6.07, 6.45) is 0.122. The average Bonchev–Trinajstić information content (AvgIpc) is 2.58. The third-order valence-electron chi connectivity index (χ3n) is 3.82.